The minimum absolute atomic E-state index is 0.911. The summed E-state index contributed by atoms with van der Waals surface area (Å²) < 4.78 is 0. The highest BCUT2D eigenvalue weighted by Gasteiger charge is 1.95. The molecule has 4 heteroatoms. The Hall–Kier alpha value is -0.150. The van der Waals surface area contributed by atoms with E-state index in [-0.39, 0.29) is 0 Å². The predicted octanol–water partition coefficient (Wildman–Crippen LogP) is 2.22. The Kier molecular flexibility index (Phi) is 2.42. The molecule has 1 rings (SSSR count). The standard InChI is InChI=1S/C5H7ClN2S/c1-2-4-7-3-5(8-4)9-6/h3H,2H2,1H3,(H,7,8). The maximum Gasteiger partial charge on any atom is 0.108 e. The van der Waals surface area contributed by atoms with Crippen LogP contribution in [0.1, 0.15) is 12.7 Å². The molecule has 9 heavy (non-hydrogen) atoms. The summed E-state index contributed by atoms with van der Waals surface area (Å²) in [6.45, 7) is 2.04. The molecule has 0 aromatic carbocycles. The van der Waals surface area contributed by atoms with E-state index in [0.717, 1.165) is 28.2 Å². The molecular formula is C5H7ClN2S. The normalized spacial score (nSPS) is 10.0. The topological polar surface area (TPSA) is 28.7 Å². The fourth-order valence-corrected chi connectivity index (χ4v) is 1.05. The van der Waals surface area contributed by atoms with E-state index in [1.54, 1.807) is 6.20 Å². The Morgan fingerprint density at radius 2 is 2.67 bits per heavy atom. The van der Waals surface area contributed by atoms with Crippen molar-refractivity contribution in [1.29, 1.82) is 0 Å². The minimum Gasteiger partial charge on any atom is -0.336 e. The van der Waals surface area contributed by atoms with E-state index in [2.05, 4.69) is 9.97 Å². The fraction of sp³-hybridized carbons (Fsp3) is 0.400. The molecule has 0 atom stereocenters. The highest BCUT2D eigenvalue weighted by Crippen LogP contribution is 2.18. The van der Waals surface area contributed by atoms with Crippen LogP contribution in [0, 0.1) is 0 Å². The van der Waals surface area contributed by atoms with Crippen LogP contribution in [0.15, 0.2) is 11.2 Å². The fourth-order valence-electron chi connectivity index (χ4n) is 0.562. The van der Waals surface area contributed by atoms with Gasteiger partial charge in [0, 0.05) is 17.4 Å². The summed E-state index contributed by atoms with van der Waals surface area (Å²) in [6.07, 6.45) is 2.66. The second kappa shape index (κ2) is 3.13. The second-order valence-corrected chi connectivity index (χ2v) is 2.68. The second-order valence-electron chi connectivity index (χ2n) is 1.62. The molecule has 0 aliphatic rings. The lowest BCUT2D eigenvalue weighted by atomic mass is 10.5. The van der Waals surface area contributed by atoms with E-state index >= 15 is 0 Å². The number of H-pyrrole nitrogens is 1. The number of imidazole rings is 1. The van der Waals surface area contributed by atoms with Crippen molar-refractivity contribution in [3.05, 3.63) is 12.0 Å². The average Bonchev–Trinajstić information content (AvgIpc) is 2.34. The first-order valence-electron chi connectivity index (χ1n) is 2.69. The molecule has 0 spiro atoms. The molecule has 0 aliphatic carbocycles. The molecule has 0 saturated heterocycles. The quantitative estimate of drug-likeness (QED) is 0.723. The van der Waals surface area contributed by atoms with Crippen LogP contribution >= 0.6 is 21.7 Å². The summed E-state index contributed by atoms with van der Waals surface area (Å²) in [5, 5.41) is 0.911. The highest BCUT2D eigenvalue weighted by atomic mass is 35.7. The molecular weight excluding hydrogens is 156 g/mol. The van der Waals surface area contributed by atoms with Crippen LogP contribution < -0.4 is 0 Å². The zero-order valence-electron chi connectivity index (χ0n) is 5.02. The number of aryl methyl sites for hydroxylation is 1. The van der Waals surface area contributed by atoms with Crippen LogP contribution in [0.4, 0.5) is 0 Å². The molecule has 0 bridgehead atoms. The van der Waals surface area contributed by atoms with Gasteiger partial charge in [-0.2, -0.15) is 0 Å². The minimum atomic E-state index is 0.911. The van der Waals surface area contributed by atoms with Gasteiger partial charge in [-0.1, -0.05) is 6.92 Å². The summed E-state index contributed by atoms with van der Waals surface area (Å²) in [5.41, 5.74) is 0. The zero-order valence-corrected chi connectivity index (χ0v) is 6.59. The Morgan fingerprint density at radius 1 is 1.89 bits per heavy atom. The summed E-state index contributed by atoms with van der Waals surface area (Å²) in [4.78, 5) is 7.08. The lowest BCUT2D eigenvalue weighted by Crippen LogP contribution is -1.79. The molecule has 1 aromatic heterocycles. The molecule has 50 valence electrons. The molecule has 0 amide bonds. The van der Waals surface area contributed by atoms with Crippen molar-refractivity contribution in [1.82, 2.24) is 9.97 Å². The third-order valence-corrected chi connectivity index (χ3v) is 1.90. The van der Waals surface area contributed by atoms with Crippen molar-refractivity contribution in [3.8, 4) is 0 Å². The van der Waals surface area contributed by atoms with Gasteiger partial charge in [-0.25, -0.2) is 4.98 Å². The van der Waals surface area contributed by atoms with Gasteiger partial charge in [0.25, 0.3) is 0 Å². The molecule has 0 aliphatic heterocycles. The van der Waals surface area contributed by atoms with E-state index in [1.807, 2.05) is 6.92 Å². The van der Waals surface area contributed by atoms with Crippen molar-refractivity contribution in [2.45, 2.75) is 18.4 Å². The first-order valence-corrected chi connectivity index (χ1v) is 4.33. The van der Waals surface area contributed by atoms with Crippen LogP contribution in [0.5, 0.6) is 0 Å². The van der Waals surface area contributed by atoms with Gasteiger partial charge in [0.15, 0.2) is 0 Å². The number of halogens is 1. The third-order valence-electron chi connectivity index (χ3n) is 1.02. The van der Waals surface area contributed by atoms with E-state index in [1.165, 1.54) is 0 Å². The van der Waals surface area contributed by atoms with Gasteiger partial charge in [0.1, 0.15) is 10.9 Å². The molecule has 1 N–H and O–H groups in total. The van der Waals surface area contributed by atoms with Gasteiger partial charge in [0.2, 0.25) is 0 Å². The van der Waals surface area contributed by atoms with Gasteiger partial charge in [-0.3, -0.25) is 0 Å². The molecule has 1 aromatic rings. The predicted molar refractivity (Wildman–Crippen MR) is 39.7 cm³/mol. The van der Waals surface area contributed by atoms with Crippen molar-refractivity contribution in [2.75, 3.05) is 0 Å². The molecule has 0 unspecified atom stereocenters. The highest BCUT2D eigenvalue weighted by molar-refractivity contribution is 8.21. The Bertz CT molecular complexity index is 168. The van der Waals surface area contributed by atoms with Crippen LogP contribution in [-0.2, 0) is 6.42 Å². The number of aromatic nitrogens is 2. The number of nitrogens with zero attached hydrogens (tertiary/aromatic N) is 1. The van der Waals surface area contributed by atoms with Crippen molar-refractivity contribution in [3.63, 3.8) is 0 Å². The van der Waals surface area contributed by atoms with E-state index in [0.29, 0.717) is 0 Å². The number of hydrogen-bond donors (Lipinski definition) is 1. The summed E-state index contributed by atoms with van der Waals surface area (Å²) in [7, 11) is 6.60. The molecule has 1 heterocycles. The summed E-state index contributed by atoms with van der Waals surface area (Å²) in [5.74, 6) is 0.984. The lowest BCUT2D eigenvalue weighted by Gasteiger charge is -1.83. The number of hydrogen-bond acceptors (Lipinski definition) is 2. The van der Waals surface area contributed by atoms with Crippen LogP contribution in [0.2, 0.25) is 0 Å². The number of aromatic amines is 1. The maximum atomic E-state index is 5.44. The van der Waals surface area contributed by atoms with Gasteiger partial charge >= 0.3 is 0 Å². The number of nitrogens with one attached hydrogen (secondary N) is 1. The first kappa shape index (κ1) is 6.96. The Morgan fingerprint density at radius 3 is 3.00 bits per heavy atom. The van der Waals surface area contributed by atoms with E-state index in [9.17, 15) is 0 Å². The lowest BCUT2D eigenvalue weighted by molar-refractivity contribution is 0.971. The Labute approximate surface area is 62.5 Å². The largest absolute Gasteiger partial charge is 0.336 e. The smallest absolute Gasteiger partial charge is 0.108 e. The summed E-state index contributed by atoms with van der Waals surface area (Å²) >= 11 is 0. The maximum absolute atomic E-state index is 5.44. The van der Waals surface area contributed by atoms with Crippen molar-refractivity contribution < 1.29 is 0 Å². The summed E-state index contributed by atoms with van der Waals surface area (Å²) in [6, 6.07) is 0. The van der Waals surface area contributed by atoms with E-state index < -0.39 is 0 Å². The Balaban J connectivity index is 2.74. The average molecular weight is 163 g/mol. The molecule has 2 nitrogen and oxygen atoms in total. The number of rotatable bonds is 2. The molecule has 0 saturated carbocycles. The third kappa shape index (κ3) is 1.63. The van der Waals surface area contributed by atoms with Gasteiger partial charge in [-0.15, -0.1) is 0 Å². The van der Waals surface area contributed by atoms with Crippen LogP contribution in [-0.4, -0.2) is 9.97 Å². The van der Waals surface area contributed by atoms with Gasteiger partial charge in [0.05, 0.1) is 6.20 Å². The van der Waals surface area contributed by atoms with Gasteiger partial charge in [-0.05, 0) is 10.7 Å². The molecule has 0 radical (unpaired) electrons. The van der Waals surface area contributed by atoms with Gasteiger partial charge < -0.3 is 4.98 Å². The zero-order chi connectivity index (χ0) is 6.69. The van der Waals surface area contributed by atoms with Crippen LogP contribution in [0.3, 0.4) is 0 Å². The SMILES string of the molecule is CCc1ncc(SCl)[nH]1. The van der Waals surface area contributed by atoms with Crippen molar-refractivity contribution >= 4 is 21.7 Å². The monoisotopic (exact) mass is 162 g/mol. The van der Waals surface area contributed by atoms with Crippen molar-refractivity contribution in [2.24, 2.45) is 0 Å². The molecule has 0 fully saturated rings. The van der Waals surface area contributed by atoms with E-state index in [4.69, 9.17) is 10.7 Å². The van der Waals surface area contributed by atoms with Crippen LogP contribution in [0.25, 0.3) is 0 Å². The first-order chi connectivity index (χ1) is 4.36.